The molecule has 2 rings (SSSR count). The van der Waals surface area contributed by atoms with Gasteiger partial charge in [-0.25, -0.2) is 0 Å². The van der Waals surface area contributed by atoms with Crippen molar-refractivity contribution < 1.29 is 4.74 Å². The second kappa shape index (κ2) is 2.94. The van der Waals surface area contributed by atoms with Crippen LogP contribution in [-0.2, 0) is 0 Å². The number of nitrogen functional groups attached to an aromatic ring is 1. The van der Waals surface area contributed by atoms with Crippen molar-refractivity contribution in [1.29, 1.82) is 0 Å². The summed E-state index contributed by atoms with van der Waals surface area (Å²) in [5.74, 6) is 0.819. The number of ether oxygens (including phenoxy) is 1. The van der Waals surface area contributed by atoms with E-state index in [0.717, 1.165) is 16.5 Å². The van der Waals surface area contributed by atoms with E-state index in [0.29, 0.717) is 5.69 Å². The number of rotatable bonds is 1. The Morgan fingerprint density at radius 1 is 1.31 bits per heavy atom. The molecule has 0 unspecified atom stereocenters. The van der Waals surface area contributed by atoms with Crippen LogP contribution in [0.5, 0.6) is 5.75 Å². The molecule has 0 spiro atoms. The van der Waals surface area contributed by atoms with Gasteiger partial charge in [-0.2, -0.15) is 0 Å². The van der Waals surface area contributed by atoms with Crippen molar-refractivity contribution in [2.45, 2.75) is 0 Å². The molecule has 1 aromatic heterocycles. The van der Waals surface area contributed by atoms with E-state index in [1.807, 2.05) is 18.2 Å². The third kappa shape index (κ3) is 1.28. The van der Waals surface area contributed by atoms with Crippen LogP contribution in [0.25, 0.3) is 10.8 Å². The molecule has 0 aliphatic carbocycles. The van der Waals surface area contributed by atoms with Gasteiger partial charge >= 0.3 is 0 Å². The van der Waals surface area contributed by atoms with Gasteiger partial charge in [0.05, 0.1) is 19.0 Å². The van der Waals surface area contributed by atoms with Crippen molar-refractivity contribution in [3.05, 3.63) is 30.6 Å². The predicted molar refractivity (Wildman–Crippen MR) is 52.7 cm³/mol. The fourth-order valence-electron chi connectivity index (χ4n) is 1.30. The quantitative estimate of drug-likeness (QED) is 0.717. The Labute approximate surface area is 76.2 Å². The van der Waals surface area contributed by atoms with Crippen LogP contribution in [0.15, 0.2) is 30.6 Å². The summed E-state index contributed by atoms with van der Waals surface area (Å²) in [7, 11) is 1.64. The van der Waals surface area contributed by atoms with Gasteiger partial charge in [-0.15, -0.1) is 0 Å². The van der Waals surface area contributed by atoms with E-state index >= 15 is 0 Å². The summed E-state index contributed by atoms with van der Waals surface area (Å²) < 4.78 is 5.09. The van der Waals surface area contributed by atoms with Crippen LogP contribution in [-0.4, -0.2) is 12.1 Å². The van der Waals surface area contributed by atoms with E-state index in [1.165, 1.54) is 0 Å². The Bertz CT molecular complexity index is 440. The molecule has 0 aliphatic rings. The summed E-state index contributed by atoms with van der Waals surface area (Å²) in [6.45, 7) is 0. The number of fused-ring (bicyclic) bond motifs is 1. The van der Waals surface area contributed by atoms with Crippen molar-refractivity contribution in [2.24, 2.45) is 0 Å². The molecule has 0 amide bonds. The lowest BCUT2D eigenvalue weighted by Crippen LogP contribution is -1.89. The Morgan fingerprint density at radius 3 is 2.92 bits per heavy atom. The normalized spacial score (nSPS) is 10.2. The lowest BCUT2D eigenvalue weighted by Gasteiger charge is -2.03. The van der Waals surface area contributed by atoms with Crippen molar-refractivity contribution in [2.75, 3.05) is 12.8 Å². The van der Waals surface area contributed by atoms with Gasteiger partial charge in [-0.3, -0.25) is 4.98 Å². The van der Waals surface area contributed by atoms with Gasteiger partial charge in [-0.1, -0.05) is 0 Å². The highest BCUT2D eigenvalue weighted by atomic mass is 16.5. The predicted octanol–water partition coefficient (Wildman–Crippen LogP) is 1.83. The first-order valence-corrected chi connectivity index (χ1v) is 3.98. The number of pyridine rings is 1. The molecule has 13 heavy (non-hydrogen) atoms. The average molecular weight is 174 g/mol. The molecule has 0 saturated carbocycles. The van der Waals surface area contributed by atoms with Crippen LogP contribution in [0.3, 0.4) is 0 Å². The Balaban J connectivity index is 2.72. The van der Waals surface area contributed by atoms with Crippen molar-refractivity contribution in [3.63, 3.8) is 0 Å². The number of anilines is 1. The highest BCUT2D eigenvalue weighted by molar-refractivity contribution is 5.92. The molecular weight excluding hydrogens is 164 g/mol. The second-order valence-electron chi connectivity index (χ2n) is 2.82. The maximum absolute atomic E-state index is 5.74. The molecule has 1 aromatic carbocycles. The average Bonchev–Trinajstić information content (AvgIpc) is 2.18. The molecule has 3 heteroatoms. The molecule has 2 aromatic rings. The van der Waals surface area contributed by atoms with Gasteiger partial charge in [0.2, 0.25) is 0 Å². The van der Waals surface area contributed by atoms with Crippen LogP contribution in [0.4, 0.5) is 5.69 Å². The first-order valence-electron chi connectivity index (χ1n) is 3.98. The number of aromatic nitrogens is 1. The van der Waals surface area contributed by atoms with Crippen LogP contribution in [0, 0.1) is 0 Å². The summed E-state index contributed by atoms with van der Waals surface area (Å²) in [6.07, 6.45) is 3.42. The standard InChI is InChI=1S/C10H10N2O/c1-13-8-2-3-9-7(4-8)5-12-6-10(9)11/h2-6H,11H2,1H3. The fraction of sp³-hybridized carbons (Fsp3) is 0.100. The lowest BCUT2D eigenvalue weighted by molar-refractivity contribution is 0.415. The molecule has 2 N–H and O–H groups in total. The zero-order chi connectivity index (χ0) is 9.26. The number of methoxy groups -OCH3 is 1. The van der Waals surface area contributed by atoms with Gasteiger partial charge in [-0.05, 0) is 18.2 Å². The summed E-state index contributed by atoms with van der Waals surface area (Å²) >= 11 is 0. The highest BCUT2D eigenvalue weighted by Crippen LogP contribution is 2.23. The zero-order valence-electron chi connectivity index (χ0n) is 7.32. The molecule has 1 heterocycles. The molecule has 0 atom stereocenters. The van der Waals surface area contributed by atoms with Gasteiger partial charge < -0.3 is 10.5 Å². The van der Waals surface area contributed by atoms with E-state index in [4.69, 9.17) is 10.5 Å². The van der Waals surface area contributed by atoms with Gasteiger partial charge in [0.15, 0.2) is 0 Å². The van der Waals surface area contributed by atoms with Gasteiger partial charge in [0.1, 0.15) is 5.75 Å². The van der Waals surface area contributed by atoms with Crippen LogP contribution in [0.2, 0.25) is 0 Å². The van der Waals surface area contributed by atoms with E-state index in [-0.39, 0.29) is 0 Å². The molecular formula is C10H10N2O. The van der Waals surface area contributed by atoms with Crippen molar-refractivity contribution in [3.8, 4) is 5.75 Å². The Kier molecular flexibility index (Phi) is 1.77. The minimum Gasteiger partial charge on any atom is -0.497 e. The van der Waals surface area contributed by atoms with Crippen molar-refractivity contribution >= 4 is 16.5 Å². The number of nitrogens with two attached hydrogens (primary N) is 1. The zero-order valence-corrected chi connectivity index (χ0v) is 7.32. The molecule has 0 fully saturated rings. The Morgan fingerprint density at radius 2 is 2.15 bits per heavy atom. The van der Waals surface area contributed by atoms with E-state index in [2.05, 4.69) is 4.98 Å². The summed E-state index contributed by atoms with van der Waals surface area (Å²) in [4.78, 5) is 4.01. The summed E-state index contributed by atoms with van der Waals surface area (Å²) in [6, 6.07) is 5.74. The highest BCUT2D eigenvalue weighted by Gasteiger charge is 1.98. The van der Waals surface area contributed by atoms with Gasteiger partial charge in [0.25, 0.3) is 0 Å². The minimum absolute atomic E-state index is 0.695. The van der Waals surface area contributed by atoms with Gasteiger partial charge in [0, 0.05) is 17.0 Å². The molecule has 66 valence electrons. The minimum atomic E-state index is 0.695. The SMILES string of the molecule is COc1ccc2c(N)cncc2c1. The smallest absolute Gasteiger partial charge is 0.119 e. The van der Waals surface area contributed by atoms with E-state index in [1.54, 1.807) is 19.5 Å². The number of benzene rings is 1. The van der Waals surface area contributed by atoms with E-state index < -0.39 is 0 Å². The maximum Gasteiger partial charge on any atom is 0.119 e. The third-order valence-electron chi connectivity index (χ3n) is 2.00. The molecule has 0 saturated heterocycles. The first kappa shape index (κ1) is 7.86. The lowest BCUT2D eigenvalue weighted by atomic mass is 10.1. The second-order valence-corrected chi connectivity index (χ2v) is 2.82. The molecule has 0 aliphatic heterocycles. The fourth-order valence-corrected chi connectivity index (χ4v) is 1.30. The number of nitrogens with zero attached hydrogens (tertiary/aromatic N) is 1. The molecule has 3 nitrogen and oxygen atoms in total. The maximum atomic E-state index is 5.74. The topological polar surface area (TPSA) is 48.1 Å². The van der Waals surface area contributed by atoms with Crippen LogP contribution < -0.4 is 10.5 Å². The number of hydrogen-bond donors (Lipinski definition) is 1. The van der Waals surface area contributed by atoms with Crippen molar-refractivity contribution in [1.82, 2.24) is 4.98 Å². The summed E-state index contributed by atoms with van der Waals surface area (Å²) in [5.41, 5.74) is 6.44. The molecule has 0 radical (unpaired) electrons. The third-order valence-corrected chi connectivity index (χ3v) is 2.00. The largest absolute Gasteiger partial charge is 0.497 e. The summed E-state index contributed by atoms with van der Waals surface area (Å²) in [5, 5.41) is 2.01. The first-order chi connectivity index (χ1) is 6.31. The van der Waals surface area contributed by atoms with Crippen LogP contribution in [0.1, 0.15) is 0 Å². The van der Waals surface area contributed by atoms with E-state index in [9.17, 15) is 0 Å². The Hall–Kier alpha value is -1.77. The monoisotopic (exact) mass is 174 g/mol. The number of hydrogen-bond acceptors (Lipinski definition) is 3. The van der Waals surface area contributed by atoms with Crippen LogP contribution >= 0.6 is 0 Å². The molecule has 0 bridgehead atoms.